The van der Waals surface area contributed by atoms with E-state index < -0.39 is 6.35 Å². The van der Waals surface area contributed by atoms with Gasteiger partial charge in [0.2, 0.25) is 5.91 Å². The first-order chi connectivity index (χ1) is 15.4. The number of hydrogen-bond acceptors (Lipinski definition) is 5. The SMILES string of the molecule is CC(=O)n1cc(N2CC3(CCC(c4ccccc4)(N(C)C)CC3)NC2O)c2ccccc21. The minimum Gasteiger partial charge on any atom is -0.361 e. The number of aliphatic hydroxyl groups excluding tert-OH is 1. The van der Waals surface area contributed by atoms with Gasteiger partial charge in [-0.1, -0.05) is 48.5 Å². The number of fused-ring (bicyclic) bond motifs is 1. The van der Waals surface area contributed by atoms with E-state index in [1.165, 1.54) is 5.56 Å². The third kappa shape index (κ3) is 3.25. The Hall–Kier alpha value is -2.67. The maximum absolute atomic E-state index is 12.2. The number of carbonyl (C=O) groups is 1. The average Bonchev–Trinajstić information content (AvgIpc) is 3.33. The van der Waals surface area contributed by atoms with Crippen LogP contribution in [0.1, 0.15) is 43.0 Å². The van der Waals surface area contributed by atoms with E-state index in [0.717, 1.165) is 48.8 Å². The normalized spacial score (nSPS) is 28.2. The Bertz CT molecular complexity index is 1130. The molecule has 0 amide bonds. The number of nitrogens with one attached hydrogen (secondary N) is 1. The van der Waals surface area contributed by atoms with Crippen LogP contribution in [0, 0.1) is 0 Å². The van der Waals surface area contributed by atoms with Gasteiger partial charge in [-0.05, 0) is 51.4 Å². The molecule has 6 nitrogen and oxygen atoms in total. The van der Waals surface area contributed by atoms with Crippen molar-refractivity contribution in [2.75, 3.05) is 25.5 Å². The Balaban J connectivity index is 1.43. The van der Waals surface area contributed by atoms with Crippen LogP contribution in [0.3, 0.4) is 0 Å². The molecule has 2 aliphatic rings. The van der Waals surface area contributed by atoms with Gasteiger partial charge in [0.15, 0.2) is 6.35 Å². The van der Waals surface area contributed by atoms with Gasteiger partial charge in [-0.25, -0.2) is 0 Å². The maximum atomic E-state index is 12.2. The highest BCUT2D eigenvalue weighted by molar-refractivity contribution is 6.00. The summed E-state index contributed by atoms with van der Waals surface area (Å²) >= 11 is 0. The summed E-state index contributed by atoms with van der Waals surface area (Å²) in [5.74, 6) is -0.0277. The molecule has 5 rings (SSSR count). The minimum atomic E-state index is -0.773. The van der Waals surface area contributed by atoms with Gasteiger partial charge >= 0.3 is 0 Å². The van der Waals surface area contributed by atoms with Crippen LogP contribution in [0.25, 0.3) is 10.9 Å². The topological polar surface area (TPSA) is 60.7 Å². The second-order valence-corrected chi connectivity index (χ2v) is 9.64. The Labute approximate surface area is 189 Å². The molecular formula is C26H32N4O2. The highest BCUT2D eigenvalue weighted by Gasteiger charge is 2.50. The summed E-state index contributed by atoms with van der Waals surface area (Å²) in [5.41, 5.74) is 3.01. The first-order valence-electron chi connectivity index (χ1n) is 11.4. The van der Waals surface area contributed by atoms with Crippen LogP contribution in [0.4, 0.5) is 5.69 Å². The molecule has 1 aliphatic heterocycles. The number of carbonyl (C=O) groups excluding carboxylic acids is 1. The molecule has 0 radical (unpaired) electrons. The van der Waals surface area contributed by atoms with E-state index in [1.54, 1.807) is 11.5 Å². The van der Waals surface area contributed by atoms with Gasteiger partial charge in [0.05, 0.1) is 11.2 Å². The lowest BCUT2D eigenvalue weighted by atomic mass is 9.69. The molecule has 1 aromatic heterocycles. The lowest BCUT2D eigenvalue weighted by molar-refractivity contribution is 0.0513. The van der Waals surface area contributed by atoms with Gasteiger partial charge in [0.1, 0.15) is 0 Å². The number of para-hydroxylation sites is 1. The van der Waals surface area contributed by atoms with E-state index in [4.69, 9.17) is 0 Å². The van der Waals surface area contributed by atoms with Crippen LogP contribution in [0.2, 0.25) is 0 Å². The molecule has 2 N–H and O–H groups in total. The second-order valence-electron chi connectivity index (χ2n) is 9.64. The lowest BCUT2D eigenvalue weighted by Crippen LogP contribution is -2.54. The standard InChI is InChI=1S/C26H32N4O2/c1-19(31)29-17-23(21-11-7-8-12-22(21)29)30-18-25(27-24(30)32)13-15-26(16-14-25,28(2)3)20-9-5-4-6-10-20/h4-12,17,24,27,32H,13-16,18H2,1-3H3. The van der Waals surface area contributed by atoms with Crippen LogP contribution in [0.5, 0.6) is 0 Å². The van der Waals surface area contributed by atoms with Crippen molar-refractivity contribution in [2.45, 2.75) is 50.0 Å². The molecule has 1 saturated carbocycles. The predicted molar refractivity (Wildman–Crippen MR) is 128 cm³/mol. The molecule has 2 heterocycles. The molecular weight excluding hydrogens is 400 g/mol. The minimum absolute atomic E-state index is 0.0111. The highest BCUT2D eigenvalue weighted by Crippen LogP contribution is 2.47. The van der Waals surface area contributed by atoms with Crippen LogP contribution in [-0.4, -0.2) is 53.0 Å². The van der Waals surface area contributed by atoms with Gasteiger partial charge in [-0.15, -0.1) is 0 Å². The zero-order chi connectivity index (χ0) is 22.5. The van der Waals surface area contributed by atoms with Crippen molar-refractivity contribution in [3.8, 4) is 0 Å². The summed E-state index contributed by atoms with van der Waals surface area (Å²) in [6.07, 6.45) is 5.08. The molecule has 1 aliphatic carbocycles. The summed E-state index contributed by atoms with van der Waals surface area (Å²) in [6.45, 7) is 2.29. The Kier molecular flexibility index (Phi) is 5.12. The number of aliphatic hydroxyl groups is 1. The van der Waals surface area contributed by atoms with E-state index in [-0.39, 0.29) is 17.0 Å². The molecule has 168 valence electrons. The van der Waals surface area contributed by atoms with Crippen LogP contribution < -0.4 is 10.2 Å². The largest absolute Gasteiger partial charge is 0.361 e. The number of anilines is 1. The number of hydrogen-bond donors (Lipinski definition) is 2. The summed E-state index contributed by atoms with van der Waals surface area (Å²) in [7, 11) is 4.34. The number of aromatic nitrogens is 1. The molecule has 1 unspecified atom stereocenters. The summed E-state index contributed by atoms with van der Waals surface area (Å²) in [6, 6.07) is 18.7. The first kappa shape index (κ1) is 21.2. The van der Waals surface area contributed by atoms with Gasteiger partial charge in [-0.3, -0.25) is 19.6 Å². The third-order valence-corrected chi connectivity index (χ3v) is 7.74. The molecule has 6 heteroatoms. The van der Waals surface area contributed by atoms with E-state index >= 15 is 0 Å². The van der Waals surface area contributed by atoms with Gasteiger partial charge in [0, 0.05) is 36.1 Å². The molecule has 2 fully saturated rings. The van der Waals surface area contributed by atoms with Crippen molar-refractivity contribution < 1.29 is 9.90 Å². The van der Waals surface area contributed by atoms with Crippen molar-refractivity contribution in [1.29, 1.82) is 0 Å². The van der Waals surface area contributed by atoms with Gasteiger partial charge in [0.25, 0.3) is 0 Å². The third-order valence-electron chi connectivity index (χ3n) is 7.74. The second kappa shape index (κ2) is 7.73. The average molecular weight is 433 g/mol. The number of nitrogens with zero attached hydrogens (tertiary/aromatic N) is 3. The van der Waals surface area contributed by atoms with E-state index in [9.17, 15) is 9.90 Å². The molecule has 32 heavy (non-hydrogen) atoms. The van der Waals surface area contributed by atoms with Crippen molar-refractivity contribution >= 4 is 22.5 Å². The maximum Gasteiger partial charge on any atom is 0.228 e. The summed E-state index contributed by atoms with van der Waals surface area (Å²) in [5, 5.41) is 15.5. The number of benzene rings is 2. The Morgan fingerprint density at radius 3 is 2.34 bits per heavy atom. The quantitative estimate of drug-likeness (QED) is 0.660. The Morgan fingerprint density at radius 1 is 1.03 bits per heavy atom. The van der Waals surface area contributed by atoms with Crippen LogP contribution >= 0.6 is 0 Å². The summed E-state index contributed by atoms with van der Waals surface area (Å²) in [4.78, 5) is 16.6. The van der Waals surface area contributed by atoms with Gasteiger partial charge < -0.3 is 10.0 Å². The van der Waals surface area contributed by atoms with Crippen LogP contribution in [0.15, 0.2) is 60.8 Å². The van der Waals surface area contributed by atoms with E-state index in [0.29, 0.717) is 0 Å². The molecule has 1 atom stereocenters. The predicted octanol–water partition coefficient (Wildman–Crippen LogP) is 3.76. The van der Waals surface area contributed by atoms with Crippen molar-refractivity contribution in [2.24, 2.45) is 0 Å². The van der Waals surface area contributed by atoms with Gasteiger partial charge in [-0.2, -0.15) is 0 Å². The molecule has 1 saturated heterocycles. The van der Waals surface area contributed by atoms with E-state index in [2.05, 4.69) is 54.6 Å². The molecule has 2 aromatic carbocycles. The number of rotatable bonds is 3. The fourth-order valence-electron chi connectivity index (χ4n) is 5.87. The lowest BCUT2D eigenvalue weighted by Gasteiger charge is -2.49. The van der Waals surface area contributed by atoms with Crippen LogP contribution in [-0.2, 0) is 5.54 Å². The van der Waals surface area contributed by atoms with Crippen molar-refractivity contribution in [3.63, 3.8) is 0 Å². The van der Waals surface area contributed by atoms with Crippen molar-refractivity contribution in [3.05, 3.63) is 66.4 Å². The first-order valence-corrected chi connectivity index (χ1v) is 11.4. The fourth-order valence-corrected chi connectivity index (χ4v) is 5.87. The molecule has 0 bridgehead atoms. The van der Waals surface area contributed by atoms with E-state index in [1.807, 2.05) is 35.4 Å². The highest BCUT2D eigenvalue weighted by atomic mass is 16.3. The summed E-state index contributed by atoms with van der Waals surface area (Å²) < 4.78 is 1.68. The fraction of sp³-hybridized carbons (Fsp3) is 0.423. The Morgan fingerprint density at radius 2 is 1.69 bits per heavy atom. The molecule has 1 spiro atoms. The zero-order valence-corrected chi connectivity index (χ0v) is 19.1. The zero-order valence-electron chi connectivity index (χ0n) is 19.1. The van der Waals surface area contributed by atoms with Crippen molar-refractivity contribution in [1.82, 2.24) is 14.8 Å². The molecule has 3 aromatic rings. The monoisotopic (exact) mass is 432 g/mol. The smallest absolute Gasteiger partial charge is 0.228 e.